The third-order valence-corrected chi connectivity index (χ3v) is 3.97. The lowest BCUT2D eigenvalue weighted by molar-refractivity contribution is 0.302. The number of benzene rings is 1. The van der Waals surface area contributed by atoms with Gasteiger partial charge in [0.1, 0.15) is 5.75 Å². The first-order valence-corrected chi connectivity index (χ1v) is 7.29. The Labute approximate surface area is 129 Å². The van der Waals surface area contributed by atoms with E-state index in [9.17, 15) is 0 Å². The average molecular weight is 298 g/mol. The van der Waals surface area contributed by atoms with Crippen LogP contribution in [-0.4, -0.2) is 35.2 Å². The molecule has 22 heavy (non-hydrogen) atoms. The molecule has 6 heteroatoms. The molecule has 0 unspecified atom stereocenters. The van der Waals surface area contributed by atoms with E-state index in [1.807, 2.05) is 19.1 Å². The zero-order chi connectivity index (χ0) is 15.5. The summed E-state index contributed by atoms with van der Waals surface area (Å²) >= 11 is 0. The van der Waals surface area contributed by atoms with Crippen molar-refractivity contribution >= 4 is 0 Å². The van der Waals surface area contributed by atoms with Gasteiger partial charge in [-0.25, -0.2) is 0 Å². The quantitative estimate of drug-likeness (QED) is 0.861. The fourth-order valence-electron chi connectivity index (χ4n) is 2.87. The highest BCUT2D eigenvalue weighted by atomic mass is 16.5. The molecule has 114 valence electrons. The molecule has 6 nitrogen and oxygen atoms in total. The van der Waals surface area contributed by atoms with Crippen LogP contribution in [0.3, 0.4) is 0 Å². The topological polar surface area (TPSA) is 75.2 Å². The van der Waals surface area contributed by atoms with Crippen LogP contribution in [0.15, 0.2) is 22.7 Å². The fourth-order valence-corrected chi connectivity index (χ4v) is 2.87. The maximum absolute atomic E-state index is 9.05. The number of ether oxygens (including phenoxy) is 1. The van der Waals surface area contributed by atoms with Gasteiger partial charge in [0.25, 0.3) is 0 Å². The summed E-state index contributed by atoms with van der Waals surface area (Å²) in [7, 11) is 1.65. The van der Waals surface area contributed by atoms with E-state index in [0.29, 0.717) is 11.4 Å². The molecule has 0 aliphatic carbocycles. The van der Waals surface area contributed by atoms with E-state index in [-0.39, 0.29) is 5.92 Å². The molecule has 1 fully saturated rings. The van der Waals surface area contributed by atoms with Crippen LogP contribution in [0, 0.1) is 18.3 Å². The van der Waals surface area contributed by atoms with Crippen LogP contribution in [0.2, 0.25) is 0 Å². The van der Waals surface area contributed by atoms with E-state index < -0.39 is 0 Å². The Bertz CT molecular complexity index is 704. The van der Waals surface area contributed by atoms with Crippen molar-refractivity contribution in [3.8, 4) is 11.8 Å². The first kappa shape index (κ1) is 14.5. The molecule has 0 bridgehead atoms. The second-order valence-electron chi connectivity index (χ2n) is 5.54. The van der Waals surface area contributed by atoms with Crippen LogP contribution in [0.1, 0.15) is 35.2 Å². The van der Waals surface area contributed by atoms with Gasteiger partial charge in [0, 0.05) is 18.7 Å². The van der Waals surface area contributed by atoms with Crippen LogP contribution < -0.4 is 4.74 Å². The Kier molecular flexibility index (Phi) is 4.07. The summed E-state index contributed by atoms with van der Waals surface area (Å²) in [4.78, 5) is 6.65. The minimum Gasteiger partial charge on any atom is -0.496 e. The zero-order valence-corrected chi connectivity index (χ0v) is 12.7. The third-order valence-electron chi connectivity index (χ3n) is 3.97. The molecule has 0 saturated carbocycles. The molecule has 0 radical (unpaired) electrons. The summed E-state index contributed by atoms with van der Waals surface area (Å²) in [5, 5.41) is 12.9. The molecule has 1 saturated heterocycles. The van der Waals surface area contributed by atoms with Crippen LogP contribution >= 0.6 is 0 Å². The van der Waals surface area contributed by atoms with Gasteiger partial charge in [0.15, 0.2) is 5.82 Å². The third kappa shape index (κ3) is 2.95. The fraction of sp³-hybridized carbons (Fsp3) is 0.438. The minimum atomic E-state index is 0.284. The lowest BCUT2D eigenvalue weighted by Gasteiger charge is -2.17. The average Bonchev–Trinajstić information content (AvgIpc) is 3.16. The highest BCUT2D eigenvalue weighted by Gasteiger charge is 2.28. The summed E-state index contributed by atoms with van der Waals surface area (Å²) in [6.45, 7) is 4.42. The Morgan fingerprint density at radius 3 is 3.05 bits per heavy atom. The summed E-state index contributed by atoms with van der Waals surface area (Å²) in [6, 6.07) is 7.69. The first-order chi connectivity index (χ1) is 10.7. The molecule has 3 rings (SSSR count). The molecule has 0 spiro atoms. The van der Waals surface area contributed by atoms with Gasteiger partial charge in [-0.2, -0.15) is 10.2 Å². The van der Waals surface area contributed by atoms with E-state index in [2.05, 4.69) is 21.1 Å². The lowest BCUT2D eigenvalue weighted by Crippen LogP contribution is -2.20. The van der Waals surface area contributed by atoms with Gasteiger partial charge in [-0.1, -0.05) is 5.16 Å². The number of aryl methyl sites for hydroxylation is 1. The van der Waals surface area contributed by atoms with E-state index in [1.54, 1.807) is 13.2 Å². The van der Waals surface area contributed by atoms with Crippen molar-refractivity contribution in [1.82, 2.24) is 15.0 Å². The molecule has 2 aromatic rings. The van der Waals surface area contributed by atoms with Gasteiger partial charge in [-0.15, -0.1) is 0 Å². The number of methoxy groups -OCH3 is 1. The van der Waals surface area contributed by atoms with E-state index >= 15 is 0 Å². The maximum atomic E-state index is 9.05. The summed E-state index contributed by atoms with van der Waals surface area (Å²) < 4.78 is 10.7. The van der Waals surface area contributed by atoms with Gasteiger partial charge in [-0.05, 0) is 38.1 Å². The molecule has 0 N–H and O–H groups in total. The molecular formula is C16H18N4O2. The monoisotopic (exact) mass is 298 g/mol. The van der Waals surface area contributed by atoms with Crippen LogP contribution in [0.4, 0.5) is 0 Å². The predicted molar refractivity (Wildman–Crippen MR) is 79.4 cm³/mol. The molecular weight excluding hydrogens is 280 g/mol. The Morgan fingerprint density at radius 2 is 2.36 bits per heavy atom. The Hall–Kier alpha value is -2.39. The number of nitriles is 1. The number of aromatic nitrogens is 2. The predicted octanol–water partition coefficient (Wildman–Crippen LogP) is 2.25. The SMILES string of the molecule is COc1ccc(C#N)cc1CN1CC[C@H](c2nc(C)no2)C1. The van der Waals surface area contributed by atoms with Crippen molar-refractivity contribution in [3.63, 3.8) is 0 Å². The van der Waals surface area contributed by atoms with Gasteiger partial charge in [0.2, 0.25) is 5.89 Å². The van der Waals surface area contributed by atoms with E-state index in [4.69, 9.17) is 14.5 Å². The van der Waals surface area contributed by atoms with Crippen molar-refractivity contribution in [2.75, 3.05) is 20.2 Å². The van der Waals surface area contributed by atoms with Crippen molar-refractivity contribution in [2.24, 2.45) is 0 Å². The summed E-state index contributed by atoms with van der Waals surface area (Å²) in [5.41, 5.74) is 1.68. The second-order valence-corrected chi connectivity index (χ2v) is 5.54. The number of rotatable bonds is 4. The summed E-state index contributed by atoms with van der Waals surface area (Å²) in [6.07, 6.45) is 1.00. The van der Waals surface area contributed by atoms with Gasteiger partial charge in [0.05, 0.1) is 24.7 Å². The highest BCUT2D eigenvalue weighted by Crippen LogP contribution is 2.29. The normalized spacial score (nSPS) is 18.3. The van der Waals surface area contributed by atoms with Crippen molar-refractivity contribution in [3.05, 3.63) is 41.0 Å². The summed E-state index contributed by atoms with van der Waals surface area (Å²) in [5.74, 6) is 2.50. The maximum Gasteiger partial charge on any atom is 0.231 e. The molecule has 1 aliphatic heterocycles. The smallest absolute Gasteiger partial charge is 0.231 e. The van der Waals surface area contributed by atoms with Crippen molar-refractivity contribution < 1.29 is 9.26 Å². The molecule has 0 amide bonds. The largest absolute Gasteiger partial charge is 0.496 e. The first-order valence-electron chi connectivity index (χ1n) is 7.29. The molecule has 1 aromatic heterocycles. The van der Waals surface area contributed by atoms with Gasteiger partial charge < -0.3 is 9.26 Å². The van der Waals surface area contributed by atoms with Crippen LogP contribution in [-0.2, 0) is 6.54 Å². The van der Waals surface area contributed by atoms with Crippen molar-refractivity contribution in [1.29, 1.82) is 5.26 Å². The number of nitrogens with zero attached hydrogens (tertiary/aromatic N) is 4. The van der Waals surface area contributed by atoms with Crippen molar-refractivity contribution in [2.45, 2.75) is 25.8 Å². The van der Waals surface area contributed by atoms with E-state index in [0.717, 1.165) is 43.3 Å². The number of hydrogen-bond acceptors (Lipinski definition) is 6. The second kappa shape index (κ2) is 6.16. The van der Waals surface area contributed by atoms with Crippen LogP contribution in [0.25, 0.3) is 0 Å². The number of likely N-dealkylation sites (tertiary alicyclic amines) is 1. The Balaban J connectivity index is 1.71. The minimum absolute atomic E-state index is 0.284. The zero-order valence-electron chi connectivity index (χ0n) is 12.7. The lowest BCUT2D eigenvalue weighted by atomic mass is 10.1. The standard InChI is InChI=1S/C16H18N4O2/c1-11-18-16(22-19-11)13-5-6-20(9-13)10-14-7-12(8-17)3-4-15(14)21-2/h3-4,7,13H,5-6,9-10H2,1-2H3/t13-/m0/s1. The number of hydrogen-bond donors (Lipinski definition) is 0. The van der Waals surface area contributed by atoms with E-state index in [1.165, 1.54) is 0 Å². The molecule has 1 aliphatic rings. The van der Waals surface area contributed by atoms with Gasteiger partial charge in [-0.3, -0.25) is 4.90 Å². The molecule has 1 aromatic carbocycles. The Morgan fingerprint density at radius 1 is 1.50 bits per heavy atom. The van der Waals surface area contributed by atoms with Crippen LogP contribution in [0.5, 0.6) is 5.75 Å². The molecule has 2 heterocycles. The highest BCUT2D eigenvalue weighted by molar-refractivity contribution is 5.42. The molecule has 1 atom stereocenters. The van der Waals surface area contributed by atoms with Gasteiger partial charge >= 0.3 is 0 Å².